The molecule has 0 amide bonds. The quantitative estimate of drug-likeness (QED) is 0.193. The third-order valence-electron chi connectivity index (χ3n) is 6.05. The summed E-state index contributed by atoms with van der Waals surface area (Å²) >= 11 is 3.23. The number of allylic oxidation sites excluding steroid dienone is 1. The van der Waals surface area contributed by atoms with Gasteiger partial charge >= 0.3 is 0 Å². The second-order valence-corrected chi connectivity index (χ2v) is 10.3. The van der Waals surface area contributed by atoms with Gasteiger partial charge in [-0.2, -0.15) is 0 Å². The van der Waals surface area contributed by atoms with E-state index >= 15 is 0 Å². The smallest absolute Gasteiger partial charge is 0.197 e. The Morgan fingerprint density at radius 1 is 0.667 bits per heavy atom. The normalized spacial score (nSPS) is 13.5. The third-order valence-corrected chi connectivity index (χ3v) is 8.19. The molecule has 6 aromatic rings. The summed E-state index contributed by atoms with van der Waals surface area (Å²) in [5.41, 5.74) is 1.95. The van der Waals surface area contributed by atoms with Gasteiger partial charge in [0.25, 0.3) is 0 Å². The average Bonchev–Trinajstić information content (AvgIpc) is 3.57. The van der Waals surface area contributed by atoms with Crippen molar-refractivity contribution in [2.75, 3.05) is 0 Å². The van der Waals surface area contributed by atoms with Crippen molar-refractivity contribution in [3.05, 3.63) is 100 Å². The first-order valence-corrected chi connectivity index (χ1v) is 12.1. The number of rotatable bonds is 2. The fourth-order valence-corrected chi connectivity index (χ4v) is 6.41. The van der Waals surface area contributed by atoms with Gasteiger partial charge in [-0.25, -0.2) is 0 Å². The van der Waals surface area contributed by atoms with E-state index in [0.29, 0.717) is 11.1 Å². The van der Waals surface area contributed by atoms with E-state index in [-0.39, 0.29) is 17.1 Å². The number of benzene rings is 3. The molecule has 33 heavy (non-hydrogen) atoms. The molecule has 1 aliphatic carbocycles. The number of hydrogen-bond acceptors (Lipinski definition) is 5. The molecule has 0 aliphatic heterocycles. The van der Waals surface area contributed by atoms with Crippen LogP contribution in [-0.4, -0.2) is 11.6 Å². The SMILES string of the molecule is O=C1C(=Cc2cc3oc(-c4cc5ccccc5s4)cc3s2)C(=O)c2cc3ccccc3cc21. The Balaban J connectivity index is 1.26. The number of Topliss-reactive ketones (excluding diaryl/α,β-unsaturated/α-hetero) is 2. The average molecular weight is 463 g/mol. The Hall–Kier alpha value is -3.80. The molecule has 3 nitrogen and oxygen atoms in total. The lowest BCUT2D eigenvalue weighted by molar-refractivity contribution is 0.0990. The molecule has 1 aliphatic rings. The summed E-state index contributed by atoms with van der Waals surface area (Å²) in [5.74, 6) is 0.414. The van der Waals surface area contributed by atoms with Gasteiger partial charge in [0.2, 0.25) is 0 Å². The van der Waals surface area contributed by atoms with Crippen LogP contribution >= 0.6 is 22.7 Å². The molecule has 0 atom stereocenters. The van der Waals surface area contributed by atoms with Crippen molar-refractivity contribution in [1.29, 1.82) is 0 Å². The summed E-state index contributed by atoms with van der Waals surface area (Å²) in [5, 5.41) is 3.12. The van der Waals surface area contributed by atoms with Gasteiger partial charge in [0, 0.05) is 26.8 Å². The molecule has 3 heterocycles. The van der Waals surface area contributed by atoms with Gasteiger partial charge in [-0.15, -0.1) is 22.7 Å². The molecule has 0 spiro atoms. The van der Waals surface area contributed by atoms with Crippen LogP contribution in [-0.2, 0) is 0 Å². The zero-order valence-electron chi connectivity index (χ0n) is 17.1. The third kappa shape index (κ3) is 2.86. The Bertz CT molecular complexity index is 1690. The van der Waals surface area contributed by atoms with E-state index in [2.05, 4.69) is 18.2 Å². The van der Waals surface area contributed by atoms with Crippen LogP contribution in [0.5, 0.6) is 0 Å². The molecule has 0 unspecified atom stereocenters. The molecule has 0 radical (unpaired) electrons. The summed E-state index contributed by atoms with van der Waals surface area (Å²) in [6.07, 6.45) is 1.70. The molecule has 5 heteroatoms. The standard InChI is InChI=1S/C28H14O3S2/c29-27-19-9-15-5-1-2-6-16(15)10-20(19)28(30)21(27)12-18-13-22-26(32-18)14-23(31-22)25-11-17-7-3-4-8-24(17)33-25/h1-14H. The van der Waals surface area contributed by atoms with E-state index in [1.165, 1.54) is 21.4 Å². The summed E-state index contributed by atoms with van der Waals surface area (Å²) in [7, 11) is 0. The van der Waals surface area contributed by atoms with Gasteiger partial charge in [0.05, 0.1) is 15.2 Å². The van der Waals surface area contributed by atoms with Gasteiger partial charge in [-0.05, 0) is 52.6 Å². The molecule has 0 bridgehead atoms. The van der Waals surface area contributed by atoms with Crippen LogP contribution in [0.1, 0.15) is 25.6 Å². The molecular formula is C28H14O3S2. The highest BCUT2D eigenvalue weighted by atomic mass is 32.1. The monoisotopic (exact) mass is 462 g/mol. The number of carbonyl (C=O) groups is 2. The molecule has 0 saturated carbocycles. The highest BCUT2D eigenvalue weighted by Gasteiger charge is 2.33. The number of carbonyl (C=O) groups excluding carboxylic acids is 2. The van der Waals surface area contributed by atoms with E-state index in [0.717, 1.165) is 36.6 Å². The van der Waals surface area contributed by atoms with E-state index in [1.807, 2.05) is 60.7 Å². The number of thiophene rings is 2. The van der Waals surface area contributed by atoms with Crippen LogP contribution in [0, 0.1) is 0 Å². The maximum atomic E-state index is 13.0. The zero-order valence-corrected chi connectivity index (χ0v) is 18.8. The Morgan fingerprint density at radius 3 is 2.00 bits per heavy atom. The van der Waals surface area contributed by atoms with Crippen molar-refractivity contribution in [1.82, 2.24) is 0 Å². The van der Waals surface area contributed by atoms with E-state index in [4.69, 9.17) is 4.42 Å². The minimum absolute atomic E-state index is 0.211. The summed E-state index contributed by atoms with van der Waals surface area (Å²) in [6, 6.07) is 25.8. The Labute approximate surface area is 196 Å². The second-order valence-electron chi connectivity index (χ2n) is 8.10. The molecule has 0 saturated heterocycles. The highest BCUT2D eigenvalue weighted by molar-refractivity contribution is 7.22. The minimum Gasteiger partial charge on any atom is -0.454 e. The largest absolute Gasteiger partial charge is 0.454 e. The molecule has 0 fully saturated rings. The number of furan rings is 1. The van der Waals surface area contributed by atoms with Crippen molar-refractivity contribution in [2.45, 2.75) is 0 Å². The summed E-state index contributed by atoms with van der Waals surface area (Å²) in [4.78, 5) is 28.0. The first kappa shape index (κ1) is 18.7. The van der Waals surface area contributed by atoms with Crippen molar-refractivity contribution in [3.8, 4) is 10.6 Å². The second kappa shape index (κ2) is 6.85. The molecule has 3 aromatic heterocycles. The lowest BCUT2D eigenvalue weighted by Gasteiger charge is -2.00. The molecule has 0 N–H and O–H groups in total. The maximum absolute atomic E-state index is 13.0. The first-order valence-electron chi connectivity index (χ1n) is 10.5. The van der Waals surface area contributed by atoms with Crippen LogP contribution in [0.15, 0.2) is 88.9 Å². The lowest BCUT2D eigenvalue weighted by atomic mass is 10.0. The predicted octanol–water partition coefficient (Wildman–Crippen LogP) is 7.99. The van der Waals surface area contributed by atoms with E-state index in [9.17, 15) is 9.59 Å². The van der Waals surface area contributed by atoms with Crippen molar-refractivity contribution >= 4 is 71.5 Å². The highest BCUT2D eigenvalue weighted by Crippen LogP contribution is 2.40. The van der Waals surface area contributed by atoms with E-state index < -0.39 is 0 Å². The van der Waals surface area contributed by atoms with Crippen LogP contribution in [0.25, 0.3) is 47.9 Å². The predicted molar refractivity (Wildman–Crippen MR) is 135 cm³/mol. The van der Waals surface area contributed by atoms with Crippen LogP contribution in [0.3, 0.4) is 0 Å². The minimum atomic E-state index is -0.211. The molecular weight excluding hydrogens is 448 g/mol. The summed E-state index contributed by atoms with van der Waals surface area (Å²) in [6.45, 7) is 0. The Kier molecular flexibility index (Phi) is 3.89. The van der Waals surface area contributed by atoms with Crippen molar-refractivity contribution in [2.24, 2.45) is 0 Å². The van der Waals surface area contributed by atoms with Crippen molar-refractivity contribution < 1.29 is 14.0 Å². The van der Waals surface area contributed by atoms with Crippen molar-refractivity contribution in [3.63, 3.8) is 0 Å². The Morgan fingerprint density at radius 2 is 1.33 bits per heavy atom. The lowest BCUT2D eigenvalue weighted by Crippen LogP contribution is -1.99. The number of ketones is 2. The fourth-order valence-electron chi connectivity index (χ4n) is 4.43. The molecule has 7 rings (SSSR count). The van der Waals surface area contributed by atoms with Gasteiger partial charge in [-0.1, -0.05) is 42.5 Å². The van der Waals surface area contributed by atoms with Gasteiger partial charge in [0.1, 0.15) is 11.3 Å². The first-order chi connectivity index (χ1) is 16.1. The molecule has 3 aromatic carbocycles. The maximum Gasteiger partial charge on any atom is 0.197 e. The van der Waals surface area contributed by atoms with Crippen LogP contribution in [0.4, 0.5) is 0 Å². The fraction of sp³-hybridized carbons (Fsp3) is 0. The summed E-state index contributed by atoms with van der Waals surface area (Å²) < 4.78 is 8.34. The van der Waals surface area contributed by atoms with Gasteiger partial charge in [0.15, 0.2) is 11.6 Å². The van der Waals surface area contributed by atoms with Gasteiger partial charge in [-0.3, -0.25) is 9.59 Å². The topological polar surface area (TPSA) is 47.3 Å². The zero-order chi connectivity index (χ0) is 22.1. The van der Waals surface area contributed by atoms with E-state index in [1.54, 1.807) is 17.4 Å². The number of fused-ring (bicyclic) bond motifs is 4. The van der Waals surface area contributed by atoms with Crippen LogP contribution in [0.2, 0.25) is 0 Å². The van der Waals surface area contributed by atoms with Crippen LogP contribution < -0.4 is 0 Å². The number of hydrogen-bond donors (Lipinski definition) is 0. The molecule has 156 valence electrons. The van der Waals surface area contributed by atoms with Gasteiger partial charge < -0.3 is 4.42 Å².